The summed E-state index contributed by atoms with van der Waals surface area (Å²) < 4.78 is 10.7. The number of ether oxygens (including phenoxy) is 2. The molecule has 1 saturated carbocycles. The van der Waals surface area contributed by atoms with E-state index in [2.05, 4.69) is 29.1 Å². The Kier molecular flexibility index (Phi) is 5.79. The monoisotopic (exact) mass is 293 g/mol. The van der Waals surface area contributed by atoms with Crippen molar-refractivity contribution in [1.82, 2.24) is 15.3 Å². The van der Waals surface area contributed by atoms with Crippen LogP contribution >= 0.6 is 0 Å². The molecule has 0 spiro atoms. The molecular weight excluding hydrogens is 266 g/mol. The lowest BCUT2D eigenvalue weighted by Crippen LogP contribution is -2.40. The highest BCUT2D eigenvalue weighted by molar-refractivity contribution is 5.34. The Morgan fingerprint density at radius 3 is 2.33 bits per heavy atom. The maximum atomic E-state index is 5.33. The van der Waals surface area contributed by atoms with Gasteiger partial charge in [0.1, 0.15) is 6.33 Å². The van der Waals surface area contributed by atoms with Crippen LogP contribution in [0.25, 0.3) is 0 Å². The van der Waals surface area contributed by atoms with Crippen LogP contribution in [0.5, 0.6) is 11.8 Å². The van der Waals surface area contributed by atoms with Gasteiger partial charge in [-0.25, -0.2) is 9.97 Å². The number of aromatic nitrogens is 2. The van der Waals surface area contributed by atoms with Crippen molar-refractivity contribution in [2.75, 3.05) is 14.2 Å². The lowest BCUT2D eigenvalue weighted by molar-refractivity contribution is 0.203. The standard InChI is InChI=1S/C16H27N3O2/c1-11(2)12-7-5-6-8-14(12)17-9-13-15(20-3)18-10-19-16(13)21-4/h10-12,14,17H,5-9H2,1-4H3. The molecule has 2 atom stereocenters. The molecule has 1 aromatic rings. The molecule has 0 aromatic carbocycles. The predicted molar refractivity (Wildman–Crippen MR) is 82.6 cm³/mol. The van der Waals surface area contributed by atoms with Crippen molar-refractivity contribution >= 4 is 0 Å². The minimum Gasteiger partial charge on any atom is -0.481 e. The summed E-state index contributed by atoms with van der Waals surface area (Å²) in [6.45, 7) is 5.32. The average Bonchev–Trinajstić information content (AvgIpc) is 2.52. The second-order valence-corrected chi connectivity index (χ2v) is 6.05. The first-order valence-electron chi connectivity index (χ1n) is 7.82. The van der Waals surface area contributed by atoms with Gasteiger partial charge in [0, 0.05) is 12.6 Å². The van der Waals surface area contributed by atoms with Crippen LogP contribution in [0.3, 0.4) is 0 Å². The molecule has 1 heterocycles. The summed E-state index contributed by atoms with van der Waals surface area (Å²) in [5.74, 6) is 2.62. The Morgan fingerprint density at radius 1 is 1.14 bits per heavy atom. The zero-order chi connectivity index (χ0) is 15.2. The average molecular weight is 293 g/mol. The summed E-state index contributed by atoms with van der Waals surface area (Å²) in [5, 5.41) is 3.68. The third-order valence-corrected chi connectivity index (χ3v) is 4.47. The molecule has 1 fully saturated rings. The molecule has 1 aliphatic rings. The number of nitrogens with zero attached hydrogens (tertiary/aromatic N) is 2. The lowest BCUT2D eigenvalue weighted by atomic mass is 9.78. The Bertz CT molecular complexity index is 429. The van der Waals surface area contributed by atoms with E-state index in [4.69, 9.17) is 9.47 Å². The zero-order valence-corrected chi connectivity index (χ0v) is 13.6. The highest BCUT2D eigenvalue weighted by Crippen LogP contribution is 2.31. The van der Waals surface area contributed by atoms with Crippen molar-refractivity contribution in [2.24, 2.45) is 11.8 Å². The molecule has 1 aromatic heterocycles. The van der Waals surface area contributed by atoms with Gasteiger partial charge in [-0.2, -0.15) is 0 Å². The molecular formula is C16H27N3O2. The van der Waals surface area contributed by atoms with Crippen molar-refractivity contribution in [1.29, 1.82) is 0 Å². The van der Waals surface area contributed by atoms with Gasteiger partial charge >= 0.3 is 0 Å². The van der Waals surface area contributed by atoms with Crippen molar-refractivity contribution < 1.29 is 9.47 Å². The van der Waals surface area contributed by atoms with Crippen LogP contribution in [0.4, 0.5) is 0 Å². The van der Waals surface area contributed by atoms with Crippen molar-refractivity contribution in [2.45, 2.75) is 52.1 Å². The summed E-state index contributed by atoms with van der Waals surface area (Å²) in [5.41, 5.74) is 0.899. The zero-order valence-electron chi connectivity index (χ0n) is 13.6. The van der Waals surface area contributed by atoms with E-state index in [-0.39, 0.29) is 0 Å². The first-order chi connectivity index (χ1) is 10.2. The summed E-state index contributed by atoms with van der Waals surface area (Å²) >= 11 is 0. The molecule has 0 radical (unpaired) electrons. The van der Waals surface area contributed by atoms with Gasteiger partial charge in [0.15, 0.2) is 0 Å². The normalized spacial score (nSPS) is 22.3. The van der Waals surface area contributed by atoms with Crippen molar-refractivity contribution in [3.63, 3.8) is 0 Å². The number of methoxy groups -OCH3 is 2. The minimum absolute atomic E-state index is 0.549. The number of hydrogen-bond acceptors (Lipinski definition) is 5. The minimum atomic E-state index is 0.549. The van der Waals surface area contributed by atoms with E-state index in [1.807, 2.05) is 0 Å². The van der Waals surface area contributed by atoms with Crippen LogP contribution in [0.15, 0.2) is 6.33 Å². The number of nitrogens with one attached hydrogen (secondary N) is 1. The van der Waals surface area contributed by atoms with Crippen molar-refractivity contribution in [3.8, 4) is 11.8 Å². The van der Waals surface area contributed by atoms with E-state index >= 15 is 0 Å². The third-order valence-electron chi connectivity index (χ3n) is 4.47. The largest absolute Gasteiger partial charge is 0.481 e. The number of rotatable bonds is 6. The Morgan fingerprint density at radius 2 is 1.76 bits per heavy atom. The molecule has 5 nitrogen and oxygen atoms in total. The van der Waals surface area contributed by atoms with Crippen LogP contribution in [-0.2, 0) is 6.54 Å². The Labute approximate surface area is 127 Å². The maximum absolute atomic E-state index is 5.33. The van der Waals surface area contributed by atoms with Gasteiger partial charge in [-0.1, -0.05) is 26.7 Å². The van der Waals surface area contributed by atoms with Gasteiger partial charge in [-0.3, -0.25) is 0 Å². The van der Waals surface area contributed by atoms with E-state index in [9.17, 15) is 0 Å². The molecule has 1 N–H and O–H groups in total. The fraction of sp³-hybridized carbons (Fsp3) is 0.750. The van der Waals surface area contributed by atoms with E-state index in [1.54, 1.807) is 14.2 Å². The predicted octanol–water partition coefficient (Wildman–Crippen LogP) is 2.80. The molecule has 2 rings (SSSR count). The second-order valence-electron chi connectivity index (χ2n) is 6.05. The molecule has 2 unspecified atom stereocenters. The first kappa shape index (κ1) is 16.0. The molecule has 0 bridgehead atoms. The fourth-order valence-corrected chi connectivity index (χ4v) is 3.33. The van der Waals surface area contributed by atoms with Gasteiger partial charge in [0.2, 0.25) is 11.8 Å². The quantitative estimate of drug-likeness (QED) is 0.874. The molecule has 1 aliphatic carbocycles. The van der Waals surface area contributed by atoms with Gasteiger partial charge in [0.05, 0.1) is 19.8 Å². The molecule has 0 aliphatic heterocycles. The molecule has 0 saturated heterocycles. The topological polar surface area (TPSA) is 56.3 Å². The third kappa shape index (κ3) is 3.84. The van der Waals surface area contributed by atoms with Crippen LogP contribution in [-0.4, -0.2) is 30.2 Å². The van der Waals surface area contributed by atoms with Crippen LogP contribution in [0, 0.1) is 11.8 Å². The van der Waals surface area contributed by atoms with Gasteiger partial charge in [0.25, 0.3) is 0 Å². The summed E-state index contributed by atoms with van der Waals surface area (Å²) in [7, 11) is 3.26. The van der Waals surface area contributed by atoms with Crippen LogP contribution in [0.2, 0.25) is 0 Å². The highest BCUT2D eigenvalue weighted by Gasteiger charge is 2.27. The highest BCUT2D eigenvalue weighted by atomic mass is 16.5. The van der Waals surface area contributed by atoms with Gasteiger partial charge in [-0.05, 0) is 24.7 Å². The molecule has 21 heavy (non-hydrogen) atoms. The second kappa shape index (κ2) is 7.59. The SMILES string of the molecule is COc1ncnc(OC)c1CNC1CCCCC1C(C)C. The smallest absolute Gasteiger partial charge is 0.224 e. The van der Waals surface area contributed by atoms with Crippen LogP contribution in [0.1, 0.15) is 45.1 Å². The van der Waals surface area contributed by atoms with Gasteiger partial charge in [-0.15, -0.1) is 0 Å². The Hall–Kier alpha value is -1.36. The van der Waals surface area contributed by atoms with E-state index < -0.39 is 0 Å². The maximum Gasteiger partial charge on any atom is 0.224 e. The summed E-state index contributed by atoms with van der Waals surface area (Å²) in [6, 6.07) is 0.549. The van der Waals surface area contributed by atoms with Crippen molar-refractivity contribution in [3.05, 3.63) is 11.9 Å². The molecule has 5 heteroatoms. The number of hydrogen-bond donors (Lipinski definition) is 1. The summed E-state index contributed by atoms with van der Waals surface area (Å²) in [6.07, 6.45) is 6.68. The Balaban J connectivity index is 2.08. The van der Waals surface area contributed by atoms with E-state index in [1.165, 1.54) is 32.0 Å². The molecule has 118 valence electrons. The first-order valence-corrected chi connectivity index (χ1v) is 7.82. The van der Waals surface area contributed by atoms with E-state index in [0.29, 0.717) is 30.3 Å². The van der Waals surface area contributed by atoms with Crippen LogP contribution < -0.4 is 14.8 Å². The molecule has 0 amide bonds. The fourth-order valence-electron chi connectivity index (χ4n) is 3.33. The van der Waals surface area contributed by atoms with E-state index in [0.717, 1.165) is 11.5 Å². The van der Waals surface area contributed by atoms with Gasteiger partial charge < -0.3 is 14.8 Å². The summed E-state index contributed by atoms with van der Waals surface area (Å²) in [4.78, 5) is 8.34. The lowest BCUT2D eigenvalue weighted by Gasteiger charge is -2.35.